The molecule has 0 aromatic heterocycles. The van der Waals surface area contributed by atoms with Crippen LogP contribution >= 0.6 is 0 Å². The van der Waals surface area contributed by atoms with Crippen LogP contribution in [0.2, 0.25) is 0 Å². The van der Waals surface area contributed by atoms with Gasteiger partial charge in [0.15, 0.2) is 5.78 Å². The Labute approximate surface area is 124 Å². The van der Waals surface area contributed by atoms with Crippen molar-refractivity contribution in [1.29, 1.82) is 0 Å². The maximum atomic E-state index is 12.8. The third-order valence-corrected chi connectivity index (χ3v) is 4.48. The Bertz CT molecular complexity index is 832. The molecular formula is C20H16O. The summed E-state index contributed by atoms with van der Waals surface area (Å²) in [4.78, 5) is 12.8. The van der Waals surface area contributed by atoms with Crippen molar-refractivity contribution in [1.82, 2.24) is 0 Å². The van der Waals surface area contributed by atoms with Gasteiger partial charge in [0, 0.05) is 11.5 Å². The van der Waals surface area contributed by atoms with Crippen molar-refractivity contribution in [3.63, 3.8) is 0 Å². The predicted octanol–water partition coefficient (Wildman–Crippen LogP) is 4.75. The molecule has 0 aliphatic heterocycles. The van der Waals surface area contributed by atoms with E-state index in [9.17, 15) is 4.79 Å². The fourth-order valence-electron chi connectivity index (χ4n) is 3.34. The van der Waals surface area contributed by atoms with Crippen LogP contribution in [-0.2, 0) is 6.42 Å². The fraction of sp³-hybridized carbons (Fsp3) is 0.150. The first kappa shape index (κ1) is 12.3. The van der Waals surface area contributed by atoms with Gasteiger partial charge in [0.05, 0.1) is 0 Å². The first-order valence-corrected chi connectivity index (χ1v) is 7.44. The lowest BCUT2D eigenvalue weighted by Crippen LogP contribution is -2.20. The summed E-state index contributed by atoms with van der Waals surface area (Å²) in [6, 6.07) is 22.7. The molecule has 1 heteroatoms. The minimum atomic E-state index is 0.00417. The monoisotopic (exact) mass is 272 g/mol. The number of aryl methyl sites for hydroxylation is 1. The molecule has 0 radical (unpaired) electrons. The molecule has 0 spiro atoms. The fourth-order valence-corrected chi connectivity index (χ4v) is 3.34. The Morgan fingerprint density at radius 1 is 0.810 bits per heavy atom. The molecule has 1 aliphatic rings. The van der Waals surface area contributed by atoms with Gasteiger partial charge in [-0.2, -0.15) is 0 Å². The summed E-state index contributed by atoms with van der Waals surface area (Å²) in [5, 5.41) is 2.44. The summed E-state index contributed by atoms with van der Waals surface area (Å²) in [6.45, 7) is 0. The third-order valence-electron chi connectivity index (χ3n) is 4.48. The van der Waals surface area contributed by atoms with E-state index in [4.69, 9.17) is 0 Å². The van der Waals surface area contributed by atoms with Gasteiger partial charge in [-0.1, -0.05) is 66.7 Å². The molecule has 102 valence electrons. The summed E-state index contributed by atoms with van der Waals surface area (Å²) < 4.78 is 0. The van der Waals surface area contributed by atoms with Crippen LogP contribution in [0.1, 0.15) is 33.8 Å². The van der Waals surface area contributed by atoms with Gasteiger partial charge in [0.25, 0.3) is 0 Å². The van der Waals surface area contributed by atoms with Gasteiger partial charge < -0.3 is 0 Å². The SMILES string of the molecule is O=C1c2ccccc2CCC1c1ccc2ccccc2c1. The number of hydrogen-bond donors (Lipinski definition) is 0. The molecule has 21 heavy (non-hydrogen) atoms. The number of hydrogen-bond acceptors (Lipinski definition) is 1. The normalized spacial score (nSPS) is 17.7. The van der Waals surface area contributed by atoms with E-state index in [1.54, 1.807) is 0 Å². The second kappa shape index (κ2) is 4.85. The second-order valence-electron chi connectivity index (χ2n) is 5.72. The minimum Gasteiger partial charge on any atom is -0.293 e. The number of carbonyl (C=O) groups excluding carboxylic acids is 1. The lowest BCUT2D eigenvalue weighted by Gasteiger charge is -2.23. The van der Waals surface area contributed by atoms with Gasteiger partial charge in [0.1, 0.15) is 0 Å². The molecule has 0 heterocycles. The first-order valence-electron chi connectivity index (χ1n) is 7.44. The molecular weight excluding hydrogens is 256 g/mol. The molecule has 0 amide bonds. The summed E-state index contributed by atoms with van der Waals surface area (Å²) in [7, 11) is 0. The zero-order chi connectivity index (χ0) is 14.2. The lowest BCUT2D eigenvalue weighted by molar-refractivity contribution is 0.0946. The average molecular weight is 272 g/mol. The topological polar surface area (TPSA) is 17.1 Å². The highest BCUT2D eigenvalue weighted by Crippen LogP contribution is 2.33. The second-order valence-corrected chi connectivity index (χ2v) is 5.72. The van der Waals surface area contributed by atoms with Gasteiger partial charge in [0.2, 0.25) is 0 Å². The molecule has 1 atom stereocenters. The van der Waals surface area contributed by atoms with Crippen molar-refractivity contribution < 1.29 is 4.79 Å². The molecule has 0 bridgehead atoms. The first-order chi connectivity index (χ1) is 10.3. The highest BCUT2D eigenvalue weighted by molar-refractivity contribution is 6.03. The average Bonchev–Trinajstić information content (AvgIpc) is 2.55. The predicted molar refractivity (Wildman–Crippen MR) is 85.8 cm³/mol. The minimum absolute atomic E-state index is 0.00417. The highest BCUT2D eigenvalue weighted by atomic mass is 16.1. The van der Waals surface area contributed by atoms with Crippen LogP contribution in [0.4, 0.5) is 0 Å². The zero-order valence-corrected chi connectivity index (χ0v) is 11.8. The lowest BCUT2D eigenvalue weighted by atomic mass is 9.79. The van der Waals surface area contributed by atoms with E-state index in [0.29, 0.717) is 0 Å². The molecule has 1 nitrogen and oxygen atoms in total. The smallest absolute Gasteiger partial charge is 0.170 e. The van der Waals surface area contributed by atoms with Gasteiger partial charge in [-0.25, -0.2) is 0 Å². The number of Topliss-reactive ketones (excluding diaryl/α,β-unsaturated/α-hetero) is 1. The Balaban J connectivity index is 1.78. The van der Waals surface area contributed by atoms with E-state index in [1.165, 1.54) is 16.3 Å². The maximum absolute atomic E-state index is 12.8. The largest absolute Gasteiger partial charge is 0.293 e. The summed E-state index contributed by atoms with van der Waals surface area (Å²) in [6.07, 6.45) is 1.90. The number of ketones is 1. The third kappa shape index (κ3) is 2.06. The van der Waals surface area contributed by atoms with Crippen LogP contribution < -0.4 is 0 Å². The van der Waals surface area contributed by atoms with Crippen molar-refractivity contribution in [3.05, 3.63) is 83.4 Å². The molecule has 1 unspecified atom stereocenters. The van der Waals surface area contributed by atoms with Crippen molar-refractivity contribution in [2.75, 3.05) is 0 Å². The summed E-state index contributed by atoms with van der Waals surface area (Å²) >= 11 is 0. The van der Waals surface area contributed by atoms with E-state index in [-0.39, 0.29) is 11.7 Å². The Morgan fingerprint density at radius 3 is 2.48 bits per heavy atom. The Kier molecular flexibility index (Phi) is 2.85. The van der Waals surface area contributed by atoms with Crippen molar-refractivity contribution in [3.8, 4) is 0 Å². The summed E-state index contributed by atoms with van der Waals surface area (Å²) in [5.41, 5.74) is 3.25. The summed E-state index contributed by atoms with van der Waals surface area (Å²) in [5.74, 6) is 0.275. The zero-order valence-electron chi connectivity index (χ0n) is 11.8. The van der Waals surface area contributed by atoms with Crippen LogP contribution in [0, 0.1) is 0 Å². The molecule has 0 N–H and O–H groups in total. The number of benzene rings is 3. The van der Waals surface area contributed by atoms with Crippen LogP contribution in [0.25, 0.3) is 10.8 Å². The number of carbonyl (C=O) groups is 1. The molecule has 0 fully saturated rings. The van der Waals surface area contributed by atoms with Crippen LogP contribution in [0.3, 0.4) is 0 Å². The molecule has 0 saturated carbocycles. The van der Waals surface area contributed by atoms with Crippen LogP contribution in [-0.4, -0.2) is 5.78 Å². The van der Waals surface area contributed by atoms with Crippen molar-refractivity contribution in [2.45, 2.75) is 18.8 Å². The van der Waals surface area contributed by atoms with E-state index in [2.05, 4.69) is 36.4 Å². The number of fused-ring (bicyclic) bond motifs is 2. The van der Waals surface area contributed by atoms with E-state index < -0.39 is 0 Å². The van der Waals surface area contributed by atoms with Gasteiger partial charge in [-0.15, -0.1) is 0 Å². The van der Waals surface area contributed by atoms with Crippen LogP contribution in [0.15, 0.2) is 66.7 Å². The molecule has 3 aromatic carbocycles. The van der Waals surface area contributed by atoms with Crippen molar-refractivity contribution >= 4 is 16.6 Å². The van der Waals surface area contributed by atoms with Gasteiger partial charge >= 0.3 is 0 Å². The van der Waals surface area contributed by atoms with E-state index in [0.717, 1.165) is 24.0 Å². The van der Waals surface area contributed by atoms with E-state index in [1.807, 2.05) is 30.3 Å². The number of rotatable bonds is 1. The Morgan fingerprint density at radius 2 is 1.57 bits per heavy atom. The quantitative estimate of drug-likeness (QED) is 0.624. The molecule has 4 rings (SSSR count). The molecule has 1 aliphatic carbocycles. The van der Waals surface area contributed by atoms with Gasteiger partial charge in [-0.05, 0) is 34.7 Å². The molecule has 3 aromatic rings. The van der Waals surface area contributed by atoms with Crippen molar-refractivity contribution in [2.24, 2.45) is 0 Å². The van der Waals surface area contributed by atoms with Crippen LogP contribution in [0.5, 0.6) is 0 Å². The standard InChI is InChI=1S/C20H16O/c21-20-18-8-4-3-6-15(18)11-12-19(20)17-10-9-14-5-1-2-7-16(14)13-17/h1-10,13,19H,11-12H2. The van der Waals surface area contributed by atoms with Gasteiger partial charge in [-0.3, -0.25) is 4.79 Å². The maximum Gasteiger partial charge on any atom is 0.170 e. The highest BCUT2D eigenvalue weighted by Gasteiger charge is 2.28. The molecule has 0 saturated heterocycles. The Hall–Kier alpha value is -2.41. The van der Waals surface area contributed by atoms with E-state index >= 15 is 0 Å².